The highest BCUT2D eigenvalue weighted by Crippen LogP contribution is 2.30. The number of aryl methyl sites for hydroxylation is 1. The van der Waals surface area contributed by atoms with E-state index in [1.54, 1.807) is 64.4 Å². The predicted molar refractivity (Wildman–Crippen MR) is 146 cm³/mol. The minimum Gasteiger partial charge on any atom is -0.444 e. The van der Waals surface area contributed by atoms with Gasteiger partial charge in [0.05, 0.1) is 16.7 Å². The highest BCUT2D eigenvalue weighted by atomic mass is 32.2. The van der Waals surface area contributed by atoms with Gasteiger partial charge in [-0.05, 0) is 82.9 Å². The van der Waals surface area contributed by atoms with Gasteiger partial charge in [-0.1, -0.05) is 6.07 Å². The smallest absolute Gasteiger partial charge is 0.407 e. The van der Waals surface area contributed by atoms with Crippen LogP contribution in [0.4, 0.5) is 4.79 Å². The highest BCUT2D eigenvalue weighted by molar-refractivity contribution is 7.91. The summed E-state index contributed by atoms with van der Waals surface area (Å²) in [6, 6.07) is 10.2. The van der Waals surface area contributed by atoms with Crippen molar-refractivity contribution in [2.45, 2.75) is 76.1 Å². The SMILES string of the molecule is Cc1oc(-c2ccc(C(=O)NCc3cccnc3)cc2)nc1CS(=O)(=O)C1CCC(NC(=O)OC(C)(C)C)C1. The van der Waals surface area contributed by atoms with Crippen molar-refractivity contribution in [2.24, 2.45) is 0 Å². The number of rotatable bonds is 8. The summed E-state index contributed by atoms with van der Waals surface area (Å²) in [5, 5.41) is 5.04. The zero-order valence-corrected chi connectivity index (χ0v) is 23.4. The summed E-state index contributed by atoms with van der Waals surface area (Å²) in [7, 11) is -3.53. The first-order valence-electron chi connectivity index (χ1n) is 12.8. The number of sulfone groups is 1. The van der Waals surface area contributed by atoms with Gasteiger partial charge in [0.2, 0.25) is 5.89 Å². The van der Waals surface area contributed by atoms with Crippen LogP contribution in [0.1, 0.15) is 67.4 Å². The van der Waals surface area contributed by atoms with Gasteiger partial charge in [0.15, 0.2) is 9.84 Å². The maximum Gasteiger partial charge on any atom is 0.407 e. The number of amides is 2. The molecular weight excluding hydrogens is 520 g/mol. The Labute approximate surface area is 228 Å². The van der Waals surface area contributed by atoms with Crippen LogP contribution < -0.4 is 10.6 Å². The second-order valence-corrected chi connectivity index (χ2v) is 13.0. The Morgan fingerprint density at radius 1 is 1.13 bits per heavy atom. The third-order valence-corrected chi connectivity index (χ3v) is 8.53. The van der Waals surface area contributed by atoms with E-state index >= 15 is 0 Å². The fourth-order valence-electron chi connectivity index (χ4n) is 4.42. The van der Waals surface area contributed by atoms with E-state index in [2.05, 4.69) is 20.6 Å². The van der Waals surface area contributed by atoms with E-state index in [0.29, 0.717) is 48.4 Å². The van der Waals surface area contributed by atoms with Gasteiger partial charge in [0, 0.05) is 36.1 Å². The number of ether oxygens (including phenoxy) is 1. The van der Waals surface area contributed by atoms with Crippen LogP contribution in [-0.4, -0.2) is 47.3 Å². The van der Waals surface area contributed by atoms with E-state index < -0.39 is 26.8 Å². The first-order valence-corrected chi connectivity index (χ1v) is 14.6. The molecule has 0 saturated heterocycles. The summed E-state index contributed by atoms with van der Waals surface area (Å²) in [5.74, 6) is 0.238. The first-order chi connectivity index (χ1) is 18.4. The fourth-order valence-corrected chi connectivity index (χ4v) is 6.32. The number of benzene rings is 1. The summed E-state index contributed by atoms with van der Waals surface area (Å²) < 4.78 is 37.4. The Hall–Kier alpha value is -3.73. The van der Waals surface area contributed by atoms with Gasteiger partial charge < -0.3 is 19.8 Å². The van der Waals surface area contributed by atoms with Crippen LogP contribution in [0.2, 0.25) is 0 Å². The largest absolute Gasteiger partial charge is 0.444 e. The number of hydrogen-bond donors (Lipinski definition) is 2. The van der Waals surface area contributed by atoms with Crippen LogP contribution in [0.5, 0.6) is 0 Å². The number of carbonyl (C=O) groups is 2. The van der Waals surface area contributed by atoms with Crippen molar-refractivity contribution in [2.75, 3.05) is 0 Å². The van der Waals surface area contributed by atoms with Gasteiger partial charge in [0.25, 0.3) is 5.91 Å². The van der Waals surface area contributed by atoms with Crippen molar-refractivity contribution in [1.82, 2.24) is 20.6 Å². The summed E-state index contributed by atoms with van der Waals surface area (Å²) in [6.45, 7) is 7.38. The number of hydrogen-bond acceptors (Lipinski definition) is 8. The number of alkyl carbamates (subject to hydrolysis) is 1. The van der Waals surface area contributed by atoms with E-state index in [1.165, 1.54) is 0 Å². The molecule has 3 aromatic rings. The first kappa shape index (κ1) is 28.3. The molecule has 10 nitrogen and oxygen atoms in total. The fraction of sp³-hybridized carbons (Fsp3) is 0.429. The van der Waals surface area contributed by atoms with Gasteiger partial charge in [-0.25, -0.2) is 18.2 Å². The van der Waals surface area contributed by atoms with Crippen LogP contribution in [-0.2, 0) is 26.9 Å². The number of nitrogens with one attached hydrogen (secondary N) is 2. The Kier molecular flexibility index (Phi) is 8.39. The van der Waals surface area contributed by atoms with Crippen LogP contribution in [0, 0.1) is 6.92 Å². The molecule has 11 heteroatoms. The van der Waals surface area contributed by atoms with Gasteiger partial charge in [-0.2, -0.15) is 0 Å². The minimum absolute atomic E-state index is 0.225. The number of nitrogens with zero attached hydrogens (tertiary/aromatic N) is 2. The number of pyridine rings is 1. The van der Waals surface area contributed by atoms with Crippen molar-refractivity contribution in [3.8, 4) is 11.5 Å². The van der Waals surface area contributed by atoms with Crippen molar-refractivity contribution in [3.63, 3.8) is 0 Å². The molecule has 4 rings (SSSR count). The molecule has 2 N–H and O–H groups in total. The molecule has 0 spiro atoms. The molecule has 0 radical (unpaired) electrons. The van der Waals surface area contributed by atoms with Crippen LogP contribution >= 0.6 is 0 Å². The lowest BCUT2D eigenvalue weighted by molar-refractivity contribution is 0.0505. The normalized spacial score (nSPS) is 17.5. The minimum atomic E-state index is -3.53. The molecule has 1 aromatic carbocycles. The molecule has 2 aromatic heterocycles. The Bertz CT molecular complexity index is 1410. The molecule has 1 aliphatic carbocycles. The van der Waals surface area contributed by atoms with Crippen molar-refractivity contribution < 1.29 is 27.2 Å². The Balaban J connectivity index is 1.35. The van der Waals surface area contributed by atoms with E-state index in [0.717, 1.165) is 5.56 Å². The second kappa shape index (κ2) is 11.6. The van der Waals surface area contributed by atoms with Crippen LogP contribution in [0.3, 0.4) is 0 Å². The Morgan fingerprint density at radius 3 is 2.54 bits per heavy atom. The van der Waals surface area contributed by atoms with E-state index in [1.807, 2.05) is 12.1 Å². The summed E-state index contributed by atoms with van der Waals surface area (Å²) >= 11 is 0. The van der Waals surface area contributed by atoms with E-state index in [4.69, 9.17) is 9.15 Å². The molecule has 2 unspecified atom stereocenters. The molecular formula is C28H34N4O6S. The van der Waals surface area contributed by atoms with Crippen LogP contribution in [0.25, 0.3) is 11.5 Å². The molecule has 208 valence electrons. The standard InChI is InChI=1S/C28H34N4O6S/c1-18-24(17-39(35,36)23-12-11-22(14-23)31-27(34)38-28(2,3)4)32-26(37-18)21-9-7-20(8-10-21)25(33)30-16-19-6-5-13-29-15-19/h5-10,13,15,22-23H,11-12,14,16-17H2,1-4H3,(H,30,33)(H,31,34). The van der Waals surface area contributed by atoms with Crippen molar-refractivity contribution >= 4 is 21.8 Å². The molecule has 2 amide bonds. The predicted octanol–water partition coefficient (Wildman–Crippen LogP) is 4.34. The molecule has 1 saturated carbocycles. The number of aromatic nitrogens is 2. The van der Waals surface area contributed by atoms with E-state index in [-0.39, 0.29) is 23.6 Å². The lowest BCUT2D eigenvalue weighted by atomic mass is 10.1. The molecule has 39 heavy (non-hydrogen) atoms. The lowest BCUT2D eigenvalue weighted by Gasteiger charge is -2.21. The van der Waals surface area contributed by atoms with Gasteiger partial charge in [-0.15, -0.1) is 0 Å². The zero-order chi connectivity index (χ0) is 28.2. The monoisotopic (exact) mass is 554 g/mol. The topological polar surface area (TPSA) is 140 Å². The number of oxazole rings is 1. The summed E-state index contributed by atoms with van der Waals surface area (Å²) in [5.41, 5.74) is 1.74. The summed E-state index contributed by atoms with van der Waals surface area (Å²) in [6.07, 6.45) is 4.17. The average Bonchev–Trinajstić information content (AvgIpc) is 3.49. The molecule has 0 bridgehead atoms. The van der Waals surface area contributed by atoms with Gasteiger partial charge >= 0.3 is 6.09 Å². The zero-order valence-electron chi connectivity index (χ0n) is 22.6. The lowest BCUT2D eigenvalue weighted by Crippen LogP contribution is -2.38. The molecule has 2 atom stereocenters. The summed E-state index contributed by atoms with van der Waals surface area (Å²) in [4.78, 5) is 33.0. The second-order valence-electron chi connectivity index (χ2n) is 10.7. The van der Waals surface area contributed by atoms with Gasteiger partial charge in [0.1, 0.15) is 11.4 Å². The van der Waals surface area contributed by atoms with Crippen LogP contribution in [0.15, 0.2) is 53.2 Å². The average molecular weight is 555 g/mol. The third-order valence-electron chi connectivity index (χ3n) is 6.41. The third kappa shape index (κ3) is 7.66. The van der Waals surface area contributed by atoms with E-state index in [9.17, 15) is 18.0 Å². The quantitative estimate of drug-likeness (QED) is 0.419. The highest BCUT2D eigenvalue weighted by Gasteiger charge is 2.36. The van der Waals surface area contributed by atoms with Crippen molar-refractivity contribution in [3.05, 3.63) is 71.4 Å². The molecule has 2 heterocycles. The molecule has 0 aliphatic heterocycles. The maximum atomic E-state index is 13.2. The Morgan fingerprint density at radius 2 is 1.87 bits per heavy atom. The molecule has 1 aliphatic rings. The van der Waals surface area contributed by atoms with Crippen molar-refractivity contribution in [1.29, 1.82) is 0 Å². The number of carbonyl (C=O) groups excluding carboxylic acids is 2. The molecule has 1 fully saturated rings. The maximum absolute atomic E-state index is 13.2. The van der Waals surface area contributed by atoms with Gasteiger partial charge in [-0.3, -0.25) is 9.78 Å².